The Morgan fingerprint density at radius 2 is 2.38 bits per heavy atom. The Bertz CT molecular complexity index is 358. The van der Waals surface area contributed by atoms with E-state index in [1.54, 1.807) is 12.4 Å². The van der Waals surface area contributed by atoms with Gasteiger partial charge in [0, 0.05) is 19.1 Å². The average Bonchev–Trinajstić information content (AvgIpc) is 2.28. The van der Waals surface area contributed by atoms with Gasteiger partial charge in [0.25, 0.3) is 0 Å². The van der Waals surface area contributed by atoms with Crippen LogP contribution in [0.2, 0.25) is 5.15 Å². The van der Waals surface area contributed by atoms with Crippen molar-refractivity contribution in [1.29, 1.82) is 0 Å². The molecule has 0 bridgehead atoms. The highest BCUT2D eigenvalue weighted by molar-refractivity contribution is 6.29. The molecule has 0 radical (unpaired) electrons. The summed E-state index contributed by atoms with van der Waals surface area (Å²) in [6.45, 7) is 3.87. The summed E-state index contributed by atoms with van der Waals surface area (Å²) >= 11 is 5.86. The number of hydrogen-bond acceptors (Lipinski definition) is 4. The Morgan fingerprint density at radius 3 is 3.06 bits per heavy atom. The molecule has 2 N–H and O–H groups in total. The van der Waals surface area contributed by atoms with E-state index in [0.717, 1.165) is 12.4 Å². The molecule has 1 aromatic heterocycles. The first-order chi connectivity index (χ1) is 7.72. The Hall–Kier alpha value is -0.870. The van der Waals surface area contributed by atoms with Gasteiger partial charge in [-0.15, -0.1) is 0 Å². The van der Waals surface area contributed by atoms with Crippen molar-refractivity contribution in [3.8, 4) is 0 Å². The van der Waals surface area contributed by atoms with E-state index in [-0.39, 0.29) is 0 Å². The van der Waals surface area contributed by atoms with Crippen LogP contribution in [0.5, 0.6) is 0 Å². The summed E-state index contributed by atoms with van der Waals surface area (Å²) in [5.74, 6) is 1.44. The summed E-state index contributed by atoms with van der Waals surface area (Å²) < 4.78 is 0. The highest BCUT2D eigenvalue weighted by Gasteiger charge is 2.28. The van der Waals surface area contributed by atoms with Gasteiger partial charge in [0.2, 0.25) is 0 Å². The molecular weight excluding hydrogens is 224 g/mol. The molecule has 5 heteroatoms. The predicted molar refractivity (Wildman–Crippen MR) is 65.6 cm³/mol. The Morgan fingerprint density at radius 1 is 1.56 bits per heavy atom. The molecule has 1 saturated heterocycles. The highest BCUT2D eigenvalue weighted by atomic mass is 35.5. The smallest absolute Gasteiger partial charge is 0.149 e. The molecule has 88 valence electrons. The van der Waals surface area contributed by atoms with Crippen molar-refractivity contribution in [3.05, 3.63) is 17.5 Å². The van der Waals surface area contributed by atoms with Crippen molar-refractivity contribution in [2.45, 2.75) is 25.8 Å². The molecule has 16 heavy (non-hydrogen) atoms. The van der Waals surface area contributed by atoms with E-state index in [9.17, 15) is 0 Å². The van der Waals surface area contributed by atoms with Gasteiger partial charge in [-0.2, -0.15) is 0 Å². The lowest BCUT2D eigenvalue weighted by molar-refractivity contribution is 0.348. The van der Waals surface area contributed by atoms with Gasteiger partial charge in [-0.05, 0) is 18.8 Å². The molecule has 0 spiro atoms. The molecule has 0 aliphatic carbocycles. The lowest BCUT2D eigenvalue weighted by Gasteiger charge is -2.40. The first kappa shape index (κ1) is 11.6. The molecule has 0 saturated carbocycles. The first-order valence-corrected chi connectivity index (χ1v) is 6.04. The van der Waals surface area contributed by atoms with Crippen molar-refractivity contribution in [2.75, 3.05) is 18.0 Å². The van der Waals surface area contributed by atoms with Crippen molar-refractivity contribution in [2.24, 2.45) is 11.7 Å². The van der Waals surface area contributed by atoms with Crippen LogP contribution in [0.1, 0.15) is 19.8 Å². The highest BCUT2D eigenvalue weighted by Crippen LogP contribution is 2.26. The maximum Gasteiger partial charge on any atom is 0.149 e. The molecule has 1 aliphatic rings. The molecule has 0 amide bonds. The molecule has 2 heterocycles. The minimum atomic E-state index is 0.349. The monoisotopic (exact) mass is 240 g/mol. The summed E-state index contributed by atoms with van der Waals surface area (Å²) in [7, 11) is 0. The summed E-state index contributed by atoms with van der Waals surface area (Å²) in [5.41, 5.74) is 5.84. The van der Waals surface area contributed by atoms with Crippen LogP contribution in [0.15, 0.2) is 12.4 Å². The van der Waals surface area contributed by atoms with E-state index in [0.29, 0.717) is 23.7 Å². The van der Waals surface area contributed by atoms with Crippen LogP contribution in [0.25, 0.3) is 0 Å². The number of piperidine rings is 1. The largest absolute Gasteiger partial charge is 0.351 e. The fourth-order valence-corrected chi connectivity index (χ4v) is 2.51. The van der Waals surface area contributed by atoms with Gasteiger partial charge in [-0.1, -0.05) is 18.5 Å². The number of halogens is 1. The van der Waals surface area contributed by atoms with Crippen molar-refractivity contribution < 1.29 is 0 Å². The van der Waals surface area contributed by atoms with Crippen molar-refractivity contribution in [3.63, 3.8) is 0 Å². The Kier molecular flexibility index (Phi) is 3.61. The second kappa shape index (κ2) is 4.97. The maximum absolute atomic E-state index is 5.86. The molecule has 1 fully saturated rings. The number of nitrogens with zero attached hydrogens (tertiary/aromatic N) is 3. The summed E-state index contributed by atoms with van der Waals surface area (Å²) in [6.07, 6.45) is 5.71. The van der Waals surface area contributed by atoms with E-state index in [4.69, 9.17) is 17.3 Å². The van der Waals surface area contributed by atoms with Gasteiger partial charge in [-0.25, -0.2) is 4.98 Å². The van der Waals surface area contributed by atoms with E-state index >= 15 is 0 Å². The van der Waals surface area contributed by atoms with Crippen molar-refractivity contribution >= 4 is 17.4 Å². The third-order valence-electron chi connectivity index (χ3n) is 3.24. The van der Waals surface area contributed by atoms with Crippen LogP contribution in [0, 0.1) is 5.92 Å². The Labute approximate surface area is 101 Å². The lowest BCUT2D eigenvalue weighted by Crippen LogP contribution is -2.49. The number of hydrogen-bond donors (Lipinski definition) is 1. The molecule has 2 unspecified atom stereocenters. The van der Waals surface area contributed by atoms with E-state index in [1.165, 1.54) is 12.8 Å². The zero-order chi connectivity index (χ0) is 11.5. The van der Waals surface area contributed by atoms with Gasteiger partial charge < -0.3 is 10.6 Å². The van der Waals surface area contributed by atoms with Crippen LogP contribution in [0.4, 0.5) is 5.82 Å². The van der Waals surface area contributed by atoms with Crippen LogP contribution >= 0.6 is 11.6 Å². The van der Waals surface area contributed by atoms with Crippen LogP contribution in [-0.2, 0) is 0 Å². The average molecular weight is 241 g/mol. The van der Waals surface area contributed by atoms with Gasteiger partial charge in [-0.3, -0.25) is 4.98 Å². The SMILES string of the molecule is CC1CCCN(c2cncc(Cl)n2)C1CN. The fraction of sp³-hybridized carbons (Fsp3) is 0.636. The topological polar surface area (TPSA) is 55.0 Å². The summed E-state index contributed by atoms with van der Waals surface area (Å²) in [5, 5.41) is 0.437. The van der Waals surface area contributed by atoms with Gasteiger partial charge >= 0.3 is 0 Å². The molecule has 0 aromatic carbocycles. The molecular formula is C11H17ClN4. The normalized spacial score (nSPS) is 25.8. The number of nitrogens with two attached hydrogens (primary N) is 1. The third kappa shape index (κ3) is 2.28. The van der Waals surface area contributed by atoms with Gasteiger partial charge in [0.15, 0.2) is 0 Å². The van der Waals surface area contributed by atoms with Crippen LogP contribution in [0.3, 0.4) is 0 Å². The second-order valence-electron chi connectivity index (χ2n) is 4.32. The number of rotatable bonds is 2. The standard InChI is InChI=1S/C11H17ClN4/c1-8-3-2-4-16(9(8)5-13)11-7-14-6-10(12)15-11/h6-9H,2-5,13H2,1H3. The van der Waals surface area contributed by atoms with Crippen LogP contribution < -0.4 is 10.6 Å². The zero-order valence-corrected chi connectivity index (χ0v) is 10.2. The number of aromatic nitrogens is 2. The molecule has 1 aromatic rings. The van der Waals surface area contributed by atoms with Gasteiger partial charge in [0.1, 0.15) is 11.0 Å². The molecule has 2 atom stereocenters. The molecule has 2 rings (SSSR count). The fourth-order valence-electron chi connectivity index (χ4n) is 2.36. The minimum absolute atomic E-state index is 0.349. The summed E-state index contributed by atoms with van der Waals surface area (Å²) in [4.78, 5) is 10.6. The van der Waals surface area contributed by atoms with Crippen molar-refractivity contribution in [1.82, 2.24) is 9.97 Å². The zero-order valence-electron chi connectivity index (χ0n) is 9.43. The van der Waals surface area contributed by atoms with E-state index in [2.05, 4.69) is 21.8 Å². The number of anilines is 1. The van der Waals surface area contributed by atoms with Crippen LogP contribution in [-0.4, -0.2) is 29.1 Å². The second-order valence-corrected chi connectivity index (χ2v) is 4.70. The van der Waals surface area contributed by atoms with E-state index in [1.807, 2.05) is 0 Å². The molecule has 4 nitrogen and oxygen atoms in total. The third-order valence-corrected chi connectivity index (χ3v) is 3.43. The van der Waals surface area contributed by atoms with E-state index < -0.39 is 0 Å². The lowest BCUT2D eigenvalue weighted by atomic mass is 9.91. The first-order valence-electron chi connectivity index (χ1n) is 5.66. The Balaban J connectivity index is 2.24. The summed E-state index contributed by atoms with van der Waals surface area (Å²) in [6, 6.07) is 0.349. The molecule has 1 aliphatic heterocycles. The quantitative estimate of drug-likeness (QED) is 0.855. The minimum Gasteiger partial charge on any atom is -0.351 e. The predicted octanol–water partition coefficient (Wildman–Crippen LogP) is 1.69. The van der Waals surface area contributed by atoms with Gasteiger partial charge in [0.05, 0.1) is 12.4 Å². The maximum atomic E-state index is 5.86.